The number of carbonyl (C=O) groups is 2. The van der Waals surface area contributed by atoms with Crippen LogP contribution in [0.4, 0.5) is 0 Å². The summed E-state index contributed by atoms with van der Waals surface area (Å²) in [6.45, 7) is 4.00. The van der Waals surface area contributed by atoms with Gasteiger partial charge in [0.25, 0.3) is 0 Å². The minimum atomic E-state index is -0.592. The number of aryl methyl sites for hydroxylation is 1. The van der Waals surface area contributed by atoms with Crippen molar-refractivity contribution in [1.82, 2.24) is 4.98 Å². The van der Waals surface area contributed by atoms with Gasteiger partial charge in [0, 0.05) is 22.7 Å². The Labute approximate surface area is 163 Å². The van der Waals surface area contributed by atoms with Gasteiger partial charge >= 0.3 is 5.97 Å². The minimum Gasteiger partial charge on any atom is -0.493 e. The molecule has 0 aliphatic heterocycles. The van der Waals surface area contributed by atoms with Crippen molar-refractivity contribution in [2.24, 2.45) is 0 Å². The predicted molar refractivity (Wildman–Crippen MR) is 106 cm³/mol. The molecule has 6 heteroatoms. The van der Waals surface area contributed by atoms with Crippen LogP contribution in [0, 0.1) is 0 Å². The maximum atomic E-state index is 12.6. The third kappa shape index (κ3) is 3.86. The molecule has 1 N–H and O–H groups in total. The summed E-state index contributed by atoms with van der Waals surface area (Å²) in [5, 5.41) is 0.837. The van der Waals surface area contributed by atoms with Crippen molar-refractivity contribution in [1.29, 1.82) is 0 Å². The largest absolute Gasteiger partial charge is 0.493 e. The Kier molecular flexibility index (Phi) is 5.99. The predicted octanol–water partition coefficient (Wildman–Crippen LogP) is 4.18. The molecule has 0 saturated heterocycles. The molecule has 28 heavy (non-hydrogen) atoms. The third-order valence-electron chi connectivity index (χ3n) is 4.52. The second-order valence-electron chi connectivity index (χ2n) is 6.19. The van der Waals surface area contributed by atoms with Crippen LogP contribution in [0.3, 0.4) is 0 Å². The van der Waals surface area contributed by atoms with E-state index in [-0.39, 0.29) is 12.4 Å². The molecule has 0 unspecified atom stereocenters. The van der Waals surface area contributed by atoms with E-state index in [4.69, 9.17) is 14.2 Å². The van der Waals surface area contributed by atoms with Gasteiger partial charge in [-0.05, 0) is 37.1 Å². The van der Waals surface area contributed by atoms with Crippen molar-refractivity contribution in [3.63, 3.8) is 0 Å². The summed E-state index contributed by atoms with van der Waals surface area (Å²) in [6, 6.07) is 10.6. The number of rotatable bonds is 8. The number of fused-ring (bicyclic) bond motifs is 1. The zero-order chi connectivity index (χ0) is 20.1. The van der Waals surface area contributed by atoms with Gasteiger partial charge in [0.05, 0.1) is 19.3 Å². The smallest absolute Gasteiger partial charge is 0.338 e. The van der Waals surface area contributed by atoms with Gasteiger partial charge in [0.15, 0.2) is 18.1 Å². The molecule has 0 atom stereocenters. The van der Waals surface area contributed by atoms with Gasteiger partial charge in [-0.2, -0.15) is 0 Å². The summed E-state index contributed by atoms with van der Waals surface area (Å²) in [6.07, 6.45) is 2.53. The van der Waals surface area contributed by atoms with E-state index >= 15 is 0 Å². The molecule has 6 nitrogen and oxygen atoms in total. The third-order valence-corrected chi connectivity index (χ3v) is 4.52. The number of H-pyrrole nitrogens is 1. The molecule has 0 saturated carbocycles. The van der Waals surface area contributed by atoms with Gasteiger partial charge in [-0.25, -0.2) is 4.79 Å². The number of benzene rings is 2. The Balaban J connectivity index is 1.73. The first-order chi connectivity index (χ1) is 13.6. The number of ether oxygens (including phenoxy) is 3. The molecule has 0 bridgehead atoms. The van der Waals surface area contributed by atoms with Crippen molar-refractivity contribution in [2.45, 2.75) is 20.3 Å². The van der Waals surface area contributed by atoms with Crippen LogP contribution >= 0.6 is 0 Å². The van der Waals surface area contributed by atoms with E-state index in [9.17, 15) is 9.59 Å². The van der Waals surface area contributed by atoms with Crippen LogP contribution < -0.4 is 9.47 Å². The first-order valence-electron chi connectivity index (χ1n) is 9.19. The molecule has 0 radical (unpaired) electrons. The molecule has 3 rings (SSSR count). The van der Waals surface area contributed by atoms with E-state index in [2.05, 4.69) is 11.9 Å². The van der Waals surface area contributed by atoms with Crippen molar-refractivity contribution < 1.29 is 23.8 Å². The molecule has 146 valence electrons. The van der Waals surface area contributed by atoms with Gasteiger partial charge in [-0.1, -0.05) is 25.1 Å². The lowest BCUT2D eigenvalue weighted by atomic mass is 10.1. The molecule has 3 aromatic rings. The number of hydrogen-bond acceptors (Lipinski definition) is 5. The van der Waals surface area contributed by atoms with E-state index < -0.39 is 5.97 Å². The van der Waals surface area contributed by atoms with Crippen LogP contribution in [0.5, 0.6) is 11.5 Å². The van der Waals surface area contributed by atoms with Crippen molar-refractivity contribution in [3.05, 3.63) is 59.3 Å². The molecule has 2 aromatic carbocycles. The lowest BCUT2D eigenvalue weighted by molar-refractivity contribution is 0.0474. The van der Waals surface area contributed by atoms with Gasteiger partial charge in [-0.3, -0.25) is 4.79 Å². The number of methoxy groups -OCH3 is 1. The van der Waals surface area contributed by atoms with Gasteiger partial charge in [-0.15, -0.1) is 0 Å². The van der Waals surface area contributed by atoms with E-state index in [1.54, 1.807) is 24.4 Å². The van der Waals surface area contributed by atoms with Crippen molar-refractivity contribution in [3.8, 4) is 11.5 Å². The second-order valence-corrected chi connectivity index (χ2v) is 6.19. The van der Waals surface area contributed by atoms with E-state index in [1.807, 2.05) is 25.1 Å². The highest BCUT2D eigenvalue weighted by atomic mass is 16.5. The minimum absolute atomic E-state index is 0.258. The average Bonchev–Trinajstić information content (AvgIpc) is 3.16. The molecule has 0 spiro atoms. The molecular formula is C22H23NO5. The Morgan fingerprint density at radius 3 is 2.61 bits per heavy atom. The van der Waals surface area contributed by atoms with E-state index in [0.717, 1.165) is 22.9 Å². The zero-order valence-electron chi connectivity index (χ0n) is 16.2. The fourth-order valence-electron chi connectivity index (χ4n) is 3.11. The molecule has 0 amide bonds. The number of aromatic amines is 1. The van der Waals surface area contributed by atoms with Gasteiger partial charge < -0.3 is 19.2 Å². The Bertz CT molecular complexity index is 1010. The number of Topliss-reactive ketones (excluding diaryl/α,β-unsaturated/α-hetero) is 1. The Morgan fingerprint density at radius 1 is 1.07 bits per heavy atom. The lowest BCUT2D eigenvalue weighted by Gasteiger charge is -2.10. The number of para-hydroxylation sites is 1. The van der Waals surface area contributed by atoms with Gasteiger partial charge in [0.2, 0.25) is 5.78 Å². The summed E-state index contributed by atoms with van der Waals surface area (Å²) in [5.41, 5.74) is 2.89. The number of hydrogen-bond donors (Lipinski definition) is 1. The van der Waals surface area contributed by atoms with E-state index in [1.165, 1.54) is 7.11 Å². The number of esters is 1. The fourth-order valence-corrected chi connectivity index (χ4v) is 3.11. The number of ketones is 1. The summed E-state index contributed by atoms with van der Waals surface area (Å²) in [7, 11) is 1.53. The monoisotopic (exact) mass is 381 g/mol. The fraction of sp³-hybridized carbons (Fsp3) is 0.273. The van der Waals surface area contributed by atoms with Gasteiger partial charge in [0.1, 0.15) is 0 Å². The molecule has 0 aliphatic carbocycles. The van der Waals surface area contributed by atoms with E-state index in [0.29, 0.717) is 29.2 Å². The van der Waals surface area contributed by atoms with Crippen LogP contribution in [-0.2, 0) is 11.2 Å². The highest BCUT2D eigenvalue weighted by Crippen LogP contribution is 2.28. The van der Waals surface area contributed by atoms with Crippen molar-refractivity contribution in [2.75, 3.05) is 20.3 Å². The quantitative estimate of drug-likeness (QED) is 0.468. The van der Waals surface area contributed by atoms with Crippen LogP contribution in [0.15, 0.2) is 42.6 Å². The Morgan fingerprint density at radius 2 is 1.89 bits per heavy atom. The average molecular weight is 381 g/mol. The number of carbonyl (C=O) groups excluding carboxylic acids is 2. The molecule has 1 aromatic heterocycles. The number of nitrogens with one attached hydrogen (secondary N) is 1. The maximum Gasteiger partial charge on any atom is 0.338 e. The maximum absolute atomic E-state index is 12.6. The first-order valence-corrected chi connectivity index (χ1v) is 9.19. The van der Waals surface area contributed by atoms with Crippen molar-refractivity contribution >= 4 is 22.7 Å². The topological polar surface area (TPSA) is 77.6 Å². The molecule has 1 heterocycles. The van der Waals surface area contributed by atoms with Crippen LogP contribution in [-0.4, -0.2) is 37.1 Å². The van der Waals surface area contributed by atoms with Crippen LogP contribution in [0.1, 0.15) is 40.1 Å². The number of aromatic nitrogens is 1. The SMILES string of the molecule is CCOc1cc(C(=O)OCC(=O)c2c[nH]c3c(CC)cccc23)ccc1OC. The highest BCUT2D eigenvalue weighted by Gasteiger charge is 2.17. The van der Waals surface area contributed by atoms with Crippen LogP contribution in [0.2, 0.25) is 0 Å². The summed E-state index contributed by atoms with van der Waals surface area (Å²) in [4.78, 5) is 28.1. The molecule has 0 fully saturated rings. The summed E-state index contributed by atoms with van der Waals surface area (Å²) in [5.74, 6) is 0.131. The highest BCUT2D eigenvalue weighted by molar-refractivity contribution is 6.09. The standard InChI is InChI=1S/C22H23NO5/c1-4-14-7-6-8-16-17(12-23-21(14)16)18(24)13-28-22(25)15-9-10-19(26-3)20(11-15)27-5-2/h6-12,23H,4-5,13H2,1-3H3. The molecular weight excluding hydrogens is 358 g/mol. The summed E-state index contributed by atoms with van der Waals surface area (Å²) >= 11 is 0. The van der Waals surface area contributed by atoms with Crippen LogP contribution in [0.25, 0.3) is 10.9 Å². The normalized spacial score (nSPS) is 10.7. The lowest BCUT2D eigenvalue weighted by Crippen LogP contribution is -2.14. The second kappa shape index (κ2) is 8.61. The Hall–Kier alpha value is -3.28. The summed E-state index contributed by atoms with van der Waals surface area (Å²) < 4.78 is 15.9. The molecule has 0 aliphatic rings. The first kappa shape index (κ1) is 19.5. The zero-order valence-corrected chi connectivity index (χ0v) is 16.2.